The van der Waals surface area contributed by atoms with Gasteiger partial charge in [-0.1, -0.05) is 11.6 Å². The van der Waals surface area contributed by atoms with Crippen LogP contribution in [0.3, 0.4) is 0 Å². The van der Waals surface area contributed by atoms with E-state index in [1.165, 1.54) is 37.6 Å². The summed E-state index contributed by atoms with van der Waals surface area (Å²) in [5.41, 5.74) is 3.10. The van der Waals surface area contributed by atoms with Crippen LogP contribution in [-0.2, 0) is 0 Å². The monoisotopic (exact) mass is 391 g/mol. The van der Waals surface area contributed by atoms with Crippen LogP contribution in [0.2, 0.25) is 0 Å². The Balaban J connectivity index is 1.57. The molecule has 1 aromatic heterocycles. The summed E-state index contributed by atoms with van der Waals surface area (Å²) in [6.45, 7) is 2.05. The highest BCUT2D eigenvalue weighted by molar-refractivity contribution is 6.06. The Morgan fingerprint density at radius 2 is 1.79 bits per heavy atom. The van der Waals surface area contributed by atoms with Crippen molar-refractivity contribution >= 4 is 23.3 Å². The van der Waals surface area contributed by atoms with E-state index in [9.17, 15) is 14.4 Å². The zero-order valence-corrected chi connectivity index (χ0v) is 16.5. The minimum absolute atomic E-state index is 0.0348. The van der Waals surface area contributed by atoms with Crippen LogP contribution in [0.4, 0.5) is 5.69 Å². The molecule has 1 heterocycles. The maximum absolute atomic E-state index is 12.5. The predicted molar refractivity (Wildman–Crippen MR) is 112 cm³/mol. The third-order valence-electron chi connectivity index (χ3n) is 4.92. The summed E-state index contributed by atoms with van der Waals surface area (Å²) in [6.07, 6.45) is 9.26. The Bertz CT molecular complexity index is 933. The summed E-state index contributed by atoms with van der Waals surface area (Å²) in [7, 11) is 0. The molecule has 0 spiro atoms. The first-order valence-corrected chi connectivity index (χ1v) is 9.87. The van der Waals surface area contributed by atoms with Crippen LogP contribution in [0.15, 0.2) is 54.2 Å². The molecule has 0 radical (unpaired) electrons. The molecule has 6 heteroatoms. The van der Waals surface area contributed by atoms with Gasteiger partial charge in [0.1, 0.15) is 5.69 Å². The van der Waals surface area contributed by atoms with Gasteiger partial charge in [0.05, 0.1) is 0 Å². The zero-order chi connectivity index (χ0) is 20.6. The van der Waals surface area contributed by atoms with Gasteiger partial charge in [0, 0.05) is 29.6 Å². The van der Waals surface area contributed by atoms with Crippen LogP contribution in [0.25, 0.3) is 0 Å². The van der Waals surface area contributed by atoms with E-state index >= 15 is 0 Å². The van der Waals surface area contributed by atoms with E-state index in [4.69, 9.17) is 0 Å². The molecule has 0 saturated carbocycles. The molecule has 29 heavy (non-hydrogen) atoms. The van der Waals surface area contributed by atoms with Gasteiger partial charge in [-0.2, -0.15) is 0 Å². The SMILES string of the molecule is CC(=O)c1ccc(NC(=O)c2ccnc(C(=O)NCCC3=CCCCC3)c2)cc1. The molecule has 2 aromatic rings. The quantitative estimate of drug-likeness (QED) is 0.548. The number of nitrogens with zero attached hydrogens (tertiary/aromatic N) is 1. The van der Waals surface area contributed by atoms with Crippen molar-refractivity contribution in [2.45, 2.75) is 39.0 Å². The van der Waals surface area contributed by atoms with Gasteiger partial charge < -0.3 is 10.6 Å². The maximum Gasteiger partial charge on any atom is 0.269 e. The highest BCUT2D eigenvalue weighted by atomic mass is 16.2. The molecule has 2 amide bonds. The molecule has 0 bridgehead atoms. The van der Waals surface area contributed by atoms with Crippen molar-refractivity contribution in [2.24, 2.45) is 0 Å². The Hall–Kier alpha value is -3.28. The summed E-state index contributed by atoms with van der Waals surface area (Å²) in [6, 6.07) is 9.69. The molecule has 150 valence electrons. The number of hydrogen-bond acceptors (Lipinski definition) is 4. The second kappa shape index (κ2) is 9.78. The van der Waals surface area contributed by atoms with E-state index in [1.807, 2.05) is 0 Å². The summed E-state index contributed by atoms with van der Waals surface area (Å²) in [4.78, 5) is 40.3. The number of ketones is 1. The molecule has 2 N–H and O–H groups in total. The van der Waals surface area contributed by atoms with Crippen molar-refractivity contribution < 1.29 is 14.4 Å². The Morgan fingerprint density at radius 1 is 1.00 bits per heavy atom. The lowest BCUT2D eigenvalue weighted by Crippen LogP contribution is -2.26. The Morgan fingerprint density at radius 3 is 2.48 bits per heavy atom. The summed E-state index contributed by atoms with van der Waals surface area (Å²) < 4.78 is 0. The highest BCUT2D eigenvalue weighted by Crippen LogP contribution is 2.19. The van der Waals surface area contributed by atoms with Gasteiger partial charge in [-0.05, 0) is 75.4 Å². The van der Waals surface area contributed by atoms with E-state index in [-0.39, 0.29) is 23.3 Å². The number of nitrogens with one attached hydrogen (secondary N) is 2. The van der Waals surface area contributed by atoms with E-state index in [1.54, 1.807) is 30.3 Å². The number of pyridine rings is 1. The second-order valence-electron chi connectivity index (χ2n) is 7.13. The van der Waals surface area contributed by atoms with Gasteiger partial charge in [-0.25, -0.2) is 0 Å². The molecule has 3 rings (SSSR count). The third-order valence-corrected chi connectivity index (χ3v) is 4.92. The molecular formula is C23H25N3O3. The third kappa shape index (κ3) is 5.85. The molecule has 0 saturated heterocycles. The fourth-order valence-corrected chi connectivity index (χ4v) is 3.25. The molecular weight excluding hydrogens is 366 g/mol. The van der Waals surface area contributed by atoms with Crippen molar-refractivity contribution in [3.63, 3.8) is 0 Å². The van der Waals surface area contributed by atoms with E-state index in [0.29, 0.717) is 23.4 Å². The number of Topliss-reactive ketones (excluding diaryl/α,β-unsaturated/α-hetero) is 1. The first-order chi connectivity index (χ1) is 14.0. The first kappa shape index (κ1) is 20.5. The fraction of sp³-hybridized carbons (Fsp3) is 0.304. The summed E-state index contributed by atoms with van der Waals surface area (Å²) in [5, 5.41) is 5.63. The van der Waals surface area contributed by atoms with Gasteiger partial charge in [-0.3, -0.25) is 19.4 Å². The molecule has 1 aliphatic rings. The Labute approximate surface area is 170 Å². The van der Waals surface area contributed by atoms with Gasteiger partial charge in [-0.15, -0.1) is 0 Å². The van der Waals surface area contributed by atoms with Crippen LogP contribution in [0, 0.1) is 0 Å². The maximum atomic E-state index is 12.5. The number of hydrogen-bond donors (Lipinski definition) is 2. The van der Waals surface area contributed by atoms with Crippen molar-refractivity contribution in [2.75, 3.05) is 11.9 Å². The van der Waals surface area contributed by atoms with E-state index in [0.717, 1.165) is 19.3 Å². The van der Waals surface area contributed by atoms with E-state index < -0.39 is 0 Å². The number of benzene rings is 1. The number of carbonyl (C=O) groups excluding carboxylic acids is 3. The van der Waals surface area contributed by atoms with Crippen LogP contribution >= 0.6 is 0 Å². The molecule has 0 fully saturated rings. The van der Waals surface area contributed by atoms with Crippen LogP contribution in [0.5, 0.6) is 0 Å². The fourth-order valence-electron chi connectivity index (χ4n) is 3.25. The standard InChI is InChI=1S/C23H25N3O3/c1-16(27)18-7-9-20(10-8-18)26-22(28)19-12-14-24-21(15-19)23(29)25-13-11-17-5-3-2-4-6-17/h5,7-10,12,14-15H,2-4,6,11,13H2,1H3,(H,25,29)(H,26,28). The number of carbonyl (C=O) groups is 3. The number of aromatic nitrogens is 1. The van der Waals surface area contributed by atoms with Gasteiger partial charge in [0.15, 0.2) is 5.78 Å². The van der Waals surface area contributed by atoms with E-state index in [2.05, 4.69) is 21.7 Å². The highest BCUT2D eigenvalue weighted by Gasteiger charge is 2.13. The summed E-state index contributed by atoms with van der Waals surface area (Å²) in [5.74, 6) is -0.668. The number of rotatable bonds is 7. The molecule has 0 aliphatic heterocycles. The molecule has 0 atom stereocenters. The normalized spacial score (nSPS) is 13.3. The first-order valence-electron chi connectivity index (χ1n) is 9.87. The number of allylic oxidation sites excluding steroid dienone is 1. The largest absolute Gasteiger partial charge is 0.350 e. The lowest BCUT2D eigenvalue weighted by atomic mass is 9.97. The van der Waals surface area contributed by atoms with Gasteiger partial charge >= 0.3 is 0 Å². The van der Waals surface area contributed by atoms with Crippen LogP contribution in [0.1, 0.15) is 70.2 Å². The van der Waals surface area contributed by atoms with Gasteiger partial charge in [0.2, 0.25) is 0 Å². The van der Waals surface area contributed by atoms with Crippen molar-refractivity contribution in [1.29, 1.82) is 0 Å². The minimum Gasteiger partial charge on any atom is -0.350 e. The summed E-state index contributed by atoms with van der Waals surface area (Å²) >= 11 is 0. The van der Waals surface area contributed by atoms with Crippen molar-refractivity contribution in [1.82, 2.24) is 10.3 Å². The van der Waals surface area contributed by atoms with Gasteiger partial charge in [0.25, 0.3) is 11.8 Å². The Kier molecular flexibility index (Phi) is 6.89. The molecule has 1 aliphatic carbocycles. The average molecular weight is 391 g/mol. The second-order valence-corrected chi connectivity index (χ2v) is 7.13. The lowest BCUT2D eigenvalue weighted by molar-refractivity contribution is 0.0948. The minimum atomic E-state index is -0.343. The molecule has 0 unspecified atom stereocenters. The topological polar surface area (TPSA) is 88.2 Å². The van der Waals surface area contributed by atoms with Crippen molar-refractivity contribution in [3.05, 3.63) is 71.1 Å². The zero-order valence-electron chi connectivity index (χ0n) is 16.5. The molecule has 6 nitrogen and oxygen atoms in total. The van der Waals surface area contributed by atoms with Crippen LogP contribution < -0.4 is 10.6 Å². The average Bonchev–Trinajstić information content (AvgIpc) is 2.75. The number of amides is 2. The lowest BCUT2D eigenvalue weighted by Gasteiger charge is -2.13. The van der Waals surface area contributed by atoms with Crippen molar-refractivity contribution in [3.8, 4) is 0 Å². The van der Waals surface area contributed by atoms with Crippen LogP contribution in [-0.4, -0.2) is 29.1 Å². The number of anilines is 1. The smallest absolute Gasteiger partial charge is 0.269 e. The molecule has 1 aromatic carbocycles. The predicted octanol–water partition coefficient (Wildman–Crippen LogP) is 4.16.